The lowest BCUT2D eigenvalue weighted by atomic mass is 9.99. The van der Waals surface area contributed by atoms with Gasteiger partial charge in [-0.2, -0.15) is 0 Å². The van der Waals surface area contributed by atoms with Gasteiger partial charge in [0, 0.05) is 9.50 Å². The third kappa shape index (κ3) is 3.76. The molecule has 0 heterocycles. The number of hydrogen-bond acceptors (Lipinski definition) is 2. The smallest absolute Gasteiger partial charge is 0.124 e. The SMILES string of the molecule is NNC(Cc1ccc(F)cc1Br)c1cccc(Cl)c1. The van der Waals surface area contributed by atoms with Crippen LogP contribution in [0.3, 0.4) is 0 Å². The molecule has 0 saturated carbocycles. The molecule has 5 heteroatoms. The third-order valence-electron chi connectivity index (χ3n) is 2.89. The van der Waals surface area contributed by atoms with E-state index in [1.807, 2.05) is 24.3 Å². The number of benzene rings is 2. The Labute approximate surface area is 124 Å². The highest BCUT2D eigenvalue weighted by Crippen LogP contribution is 2.25. The van der Waals surface area contributed by atoms with Crippen molar-refractivity contribution in [3.8, 4) is 0 Å². The summed E-state index contributed by atoms with van der Waals surface area (Å²) >= 11 is 9.33. The molecule has 0 radical (unpaired) electrons. The normalized spacial score (nSPS) is 12.4. The average molecular weight is 344 g/mol. The molecule has 0 bridgehead atoms. The van der Waals surface area contributed by atoms with Crippen LogP contribution in [0.5, 0.6) is 0 Å². The lowest BCUT2D eigenvalue weighted by molar-refractivity contribution is 0.550. The molecule has 19 heavy (non-hydrogen) atoms. The average Bonchev–Trinajstić information content (AvgIpc) is 2.38. The van der Waals surface area contributed by atoms with E-state index >= 15 is 0 Å². The van der Waals surface area contributed by atoms with Crippen LogP contribution in [-0.4, -0.2) is 0 Å². The molecular weight excluding hydrogens is 331 g/mol. The number of rotatable bonds is 4. The van der Waals surface area contributed by atoms with Crippen LogP contribution in [0.25, 0.3) is 0 Å². The number of halogens is 3. The van der Waals surface area contributed by atoms with E-state index in [1.54, 1.807) is 6.07 Å². The van der Waals surface area contributed by atoms with Crippen molar-refractivity contribution >= 4 is 27.5 Å². The molecule has 100 valence electrons. The summed E-state index contributed by atoms with van der Waals surface area (Å²) in [5, 5.41) is 0.663. The van der Waals surface area contributed by atoms with E-state index in [9.17, 15) is 4.39 Å². The first kappa shape index (κ1) is 14.5. The topological polar surface area (TPSA) is 38.0 Å². The maximum atomic E-state index is 13.1. The Morgan fingerprint density at radius 2 is 2.05 bits per heavy atom. The molecule has 0 aromatic heterocycles. The Morgan fingerprint density at radius 1 is 1.26 bits per heavy atom. The van der Waals surface area contributed by atoms with Gasteiger partial charge in [0.1, 0.15) is 5.82 Å². The molecule has 1 unspecified atom stereocenters. The molecule has 2 aromatic carbocycles. The summed E-state index contributed by atoms with van der Waals surface area (Å²) in [5.41, 5.74) is 4.73. The first-order chi connectivity index (χ1) is 9.10. The van der Waals surface area contributed by atoms with Crippen LogP contribution in [-0.2, 0) is 6.42 Å². The molecular formula is C14H13BrClFN2. The first-order valence-electron chi connectivity index (χ1n) is 5.75. The van der Waals surface area contributed by atoms with Crippen molar-refractivity contribution in [1.29, 1.82) is 0 Å². The van der Waals surface area contributed by atoms with Crippen molar-refractivity contribution in [2.24, 2.45) is 5.84 Å². The van der Waals surface area contributed by atoms with E-state index < -0.39 is 0 Å². The van der Waals surface area contributed by atoms with Gasteiger partial charge in [-0.25, -0.2) is 4.39 Å². The van der Waals surface area contributed by atoms with Crippen LogP contribution in [0, 0.1) is 5.82 Å². The van der Waals surface area contributed by atoms with E-state index in [4.69, 9.17) is 17.4 Å². The number of hydrogen-bond donors (Lipinski definition) is 2. The highest BCUT2D eigenvalue weighted by molar-refractivity contribution is 9.10. The zero-order valence-corrected chi connectivity index (χ0v) is 12.4. The van der Waals surface area contributed by atoms with Gasteiger partial charge in [-0.1, -0.05) is 45.7 Å². The van der Waals surface area contributed by atoms with Gasteiger partial charge >= 0.3 is 0 Å². The molecule has 2 aromatic rings. The maximum absolute atomic E-state index is 13.1. The minimum atomic E-state index is -0.268. The fourth-order valence-electron chi connectivity index (χ4n) is 1.90. The summed E-state index contributed by atoms with van der Waals surface area (Å²) in [7, 11) is 0. The van der Waals surface area contributed by atoms with Gasteiger partial charge in [0.05, 0.1) is 6.04 Å². The molecule has 0 fully saturated rings. The Morgan fingerprint density at radius 3 is 2.68 bits per heavy atom. The zero-order chi connectivity index (χ0) is 13.8. The monoisotopic (exact) mass is 342 g/mol. The Bertz CT molecular complexity index is 577. The highest BCUT2D eigenvalue weighted by atomic mass is 79.9. The van der Waals surface area contributed by atoms with Crippen molar-refractivity contribution in [3.05, 3.63) is 68.9 Å². The van der Waals surface area contributed by atoms with Crippen LogP contribution in [0.4, 0.5) is 4.39 Å². The van der Waals surface area contributed by atoms with Gasteiger partial charge in [-0.05, 0) is 41.8 Å². The Balaban J connectivity index is 2.24. The molecule has 0 aliphatic rings. The molecule has 1 atom stereocenters. The van der Waals surface area contributed by atoms with Crippen molar-refractivity contribution < 1.29 is 4.39 Å². The zero-order valence-electron chi connectivity index (χ0n) is 10.0. The molecule has 2 nitrogen and oxygen atoms in total. The summed E-state index contributed by atoms with van der Waals surface area (Å²) in [4.78, 5) is 0. The fourth-order valence-corrected chi connectivity index (χ4v) is 2.61. The molecule has 0 saturated heterocycles. The standard InChI is InChI=1S/C14H13BrClFN2/c15-13-8-12(17)5-4-9(13)7-14(19-18)10-2-1-3-11(16)6-10/h1-6,8,14,19H,7,18H2. The summed E-state index contributed by atoms with van der Waals surface area (Å²) in [6.07, 6.45) is 0.637. The first-order valence-corrected chi connectivity index (χ1v) is 6.93. The predicted molar refractivity (Wildman–Crippen MR) is 79.3 cm³/mol. The lowest BCUT2D eigenvalue weighted by Crippen LogP contribution is -2.29. The minimum Gasteiger partial charge on any atom is -0.271 e. The van der Waals surface area contributed by atoms with E-state index in [0.717, 1.165) is 15.6 Å². The molecule has 0 spiro atoms. The van der Waals surface area contributed by atoms with Crippen LogP contribution in [0.1, 0.15) is 17.2 Å². The molecule has 0 aliphatic carbocycles. The molecule has 2 rings (SSSR count). The number of hydrazine groups is 1. The van der Waals surface area contributed by atoms with E-state index in [0.29, 0.717) is 11.4 Å². The summed E-state index contributed by atoms with van der Waals surface area (Å²) < 4.78 is 13.8. The Hall–Kier alpha value is -0.940. The van der Waals surface area contributed by atoms with Crippen LogP contribution in [0.2, 0.25) is 5.02 Å². The second-order valence-electron chi connectivity index (χ2n) is 4.21. The van der Waals surface area contributed by atoms with Gasteiger partial charge < -0.3 is 0 Å². The summed E-state index contributed by atoms with van der Waals surface area (Å²) in [6, 6.07) is 12.0. The van der Waals surface area contributed by atoms with Gasteiger partial charge in [0.2, 0.25) is 0 Å². The van der Waals surface area contributed by atoms with Crippen LogP contribution >= 0.6 is 27.5 Å². The molecule has 0 amide bonds. The Kier molecular flexibility index (Phi) is 4.93. The number of nitrogens with one attached hydrogen (secondary N) is 1. The van der Waals surface area contributed by atoms with Crippen molar-refractivity contribution in [1.82, 2.24) is 5.43 Å². The largest absolute Gasteiger partial charge is 0.271 e. The van der Waals surface area contributed by atoms with Crippen molar-refractivity contribution in [2.45, 2.75) is 12.5 Å². The van der Waals surface area contributed by atoms with Gasteiger partial charge in [0.15, 0.2) is 0 Å². The summed E-state index contributed by atoms with van der Waals surface area (Å²) in [5.74, 6) is 5.33. The molecule has 3 N–H and O–H groups in total. The van der Waals surface area contributed by atoms with E-state index in [-0.39, 0.29) is 11.9 Å². The van der Waals surface area contributed by atoms with E-state index in [2.05, 4.69) is 21.4 Å². The summed E-state index contributed by atoms with van der Waals surface area (Å²) in [6.45, 7) is 0. The highest BCUT2D eigenvalue weighted by Gasteiger charge is 2.13. The number of nitrogens with two attached hydrogens (primary N) is 1. The van der Waals surface area contributed by atoms with Crippen LogP contribution < -0.4 is 11.3 Å². The van der Waals surface area contributed by atoms with Gasteiger partial charge in [0.25, 0.3) is 0 Å². The predicted octanol–water partition coefficient (Wildman–Crippen LogP) is 3.99. The second kappa shape index (κ2) is 6.48. The quantitative estimate of drug-likeness (QED) is 0.651. The van der Waals surface area contributed by atoms with Crippen molar-refractivity contribution in [3.63, 3.8) is 0 Å². The third-order valence-corrected chi connectivity index (χ3v) is 3.86. The minimum absolute atomic E-state index is 0.0829. The van der Waals surface area contributed by atoms with Gasteiger partial charge in [-0.3, -0.25) is 11.3 Å². The van der Waals surface area contributed by atoms with Crippen molar-refractivity contribution in [2.75, 3.05) is 0 Å². The second-order valence-corrected chi connectivity index (χ2v) is 5.50. The van der Waals surface area contributed by atoms with Gasteiger partial charge in [-0.15, -0.1) is 0 Å². The molecule has 0 aliphatic heterocycles. The maximum Gasteiger partial charge on any atom is 0.124 e. The fraction of sp³-hybridized carbons (Fsp3) is 0.143. The lowest BCUT2D eigenvalue weighted by Gasteiger charge is -2.17. The van der Waals surface area contributed by atoms with Crippen LogP contribution in [0.15, 0.2) is 46.9 Å². The van der Waals surface area contributed by atoms with E-state index in [1.165, 1.54) is 12.1 Å².